The Morgan fingerprint density at radius 1 is 1.38 bits per heavy atom. The molecule has 0 aromatic carbocycles. The summed E-state index contributed by atoms with van der Waals surface area (Å²) in [7, 11) is 1.43. The van der Waals surface area contributed by atoms with Crippen LogP contribution in [0.3, 0.4) is 0 Å². The summed E-state index contributed by atoms with van der Waals surface area (Å²) in [6.45, 7) is 10.5. The van der Waals surface area contributed by atoms with E-state index in [0.717, 1.165) is 13.1 Å². The number of hydrogen-bond acceptors (Lipinski definition) is 4. The van der Waals surface area contributed by atoms with Crippen molar-refractivity contribution in [2.24, 2.45) is 18.0 Å². The molecular formula is C19H33F3N6O. The number of nitrogens with zero attached hydrogens (tertiary/aromatic N) is 4. The van der Waals surface area contributed by atoms with Crippen molar-refractivity contribution in [3.05, 3.63) is 18.2 Å². The number of rotatable bonds is 7. The third-order valence-corrected chi connectivity index (χ3v) is 5.44. The first-order valence-electron chi connectivity index (χ1n) is 10.0. The first kappa shape index (κ1) is 23.5. The van der Waals surface area contributed by atoms with Crippen molar-refractivity contribution in [2.75, 3.05) is 26.2 Å². The van der Waals surface area contributed by atoms with Crippen molar-refractivity contribution in [1.82, 2.24) is 25.1 Å². The van der Waals surface area contributed by atoms with Gasteiger partial charge in [0.1, 0.15) is 5.82 Å². The molecule has 2 heterocycles. The van der Waals surface area contributed by atoms with E-state index in [2.05, 4.69) is 46.3 Å². The number of likely N-dealkylation sites (tertiary alicyclic amines) is 1. The first-order valence-corrected chi connectivity index (χ1v) is 10.0. The highest BCUT2D eigenvalue weighted by Crippen LogP contribution is 2.40. The number of aliphatic imine (C=N–C) groups is 1. The van der Waals surface area contributed by atoms with Gasteiger partial charge in [-0.1, -0.05) is 6.92 Å². The van der Waals surface area contributed by atoms with Crippen LogP contribution in [0.4, 0.5) is 13.2 Å². The van der Waals surface area contributed by atoms with Gasteiger partial charge in [0.15, 0.2) is 5.96 Å². The van der Waals surface area contributed by atoms with Gasteiger partial charge in [0, 0.05) is 64.1 Å². The zero-order valence-electron chi connectivity index (χ0n) is 17.8. The molecule has 166 valence electrons. The van der Waals surface area contributed by atoms with E-state index in [1.807, 2.05) is 6.92 Å². The minimum atomic E-state index is -4.86. The number of guanidine groups is 1. The lowest BCUT2D eigenvalue weighted by Gasteiger charge is -2.29. The van der Waals surface area contributed by atoms with Crippen molar-refractivity contribution in [2.45, 2.75) is 58.0 Å². The van der Waals surface area contributed by atoms with Gasteiger partial charge in [-0.3, -0.25) is 9.89 Å². The van der Waals surface area contributed by atoms with E-state index < -0.39 is 24.0 Å². The summed E-state index contributed by atoms with van der Waals surface area (Å²) in [5.41, 5.74) is -3.05. The number of hydrogen-bond donors (Lipinski definition) is 3. The van der Waals surface area contributed by atoms with Crippen molar-refractivity contribution in [3.8, 4) is 0 Å². The first-order chi connectivity index (χ1) is 13.5. The maximum atomic E-state index is 13.6. The number of aromatic nitrogens is 2. The van der Waals surface area contributed by atoms with Gasteiger partial charge in [-0.05, 0) is 26.7 Å². The molecule has 0 aliphatic carbocycles. The predicted octanol–water partition coefficient (Wildman–Crippen LogP) is 1.84. The van der Waals surface area contributed by atoms with Crippen LogP contribution in [0.25, 0.3) is 0 Å². The van der Waals surface area contributed by atoms with Crippen molar-refractivity contribution < 1.29 is 18.3 Å². The number of alkyl halides is 3. The fraction of sp³-hybridized carbons (Fsp3) is 0.789. The highest BCUT2D eigenvalue weighted by Gasteiger charge is 2.57. The Kier molecular flexibility index (Phi) is 7.56. The van der Waals surface area contributed by atoms with Crippen molar-refractivity contribution in [3.63, 3.8) is 0 Å². The molecule has 1 aliphatic heterocycles. The molecule has 1 saturated heterocycles. The fourth-order valence-corrected chi connectivity index (χ4v) is 3.58. The molecule has 2 rings (SSSR count). The predicted molar refractivity (Wildman–Crippen MR) is 107 cm³/mol. The topological polar surface area (TPSA) is 77.7 Å². The average Bonchev–Trinajstić information content (AvgIpc) is 3.20. The highest BCUT2D eigenvalue weighted by molar-refractivity contribution is 5.80. The van der Waals surface area contributed by atoms with E-state index >= 15 is 0 Å². The fourth-order valence-electron chi connectivity index (χ4n) is 3.58. The normalized spacial score (nSPS) is 23.4. The molecule has 1 aromatic heterocycles. The maximum Gasteiger partial charge on any atom is 0.424 e. The number of aryl methyl sites for hydroxylation is 1. The van der Waals surface area contributed by atoms with Crippen LogP contribution < -0.4 is 10.6 Å². The SMILES string of the molecule is CCNC(=NCCC(O)(c1nccn1C)C(F)(F)F)NC1CN(C(C)C)CC1C. The van der Waals surface area contributed by atoms with E-state index in [9.17, 15) is 18.3 Å². The van der Waals surface area contributed by atoms with Crippen molar-refractivity contribution >= 4 is 5.96 Å². The minimum absolute atomic E-state index is 0.159. The zero-order chi connectivity index (χ0) is 21.8. The van der Waals surface area contributed by atoms with Gasteiger partial charge in [-0.25, -0.2) is 4.98 Å². The standard InChI is InChI=1S/C19H33F3N6O/c1-6-23-17(26-15-12-28(13(2)3)11-14(15)4)25-8-7-18(29,19(20,21)22)16-24-9-10-27(16)5/h9-10,13-15,29H,6-8,11-12H2,1-5H3,(H2,23,25,26). The Morgan fingerprint density at radius 2 is 2.07 bits per heavy atom. The Morgan fingerprint density at radius 3 is 2.55 bits per heavy atom. The summed E-state index contributed by atoms with van der Waals surface area (Å²) in [6.07, 6.45) is -2.85. The van der Waals surface area contributed by atoms with Gasteiger partial charge < -0.3 is 20.3 Å². The van der Waals surface area contributed by atoms with E-state index in [0.29, 0.717) is 24.5 Å². The van der Waals surface area contributed by atoms with Gasteiger partial charge in [0.05, 0.1) is 0 Å². The molecule has 1 aliphatic rings. The van der Waals surface area contributed by atoms with Crippen LogP contribution in [0, 0.1) is 5.92 Å². The van der Waals surface area contributed by atoms with E-state index in [1.165, 1.54) is 24.0 Å². The monoisotopic (exact) mass is 418 g/mol. The molecule has 0 bridgehead atoms. The van der Waals surface area contributed by atoms with Crippen LogP contribution >= 0.6 is 0 Å². The van der Waals surface area contributed by atoms with Crippen LogP contribution in [0.15, 0.2) is 17.4 Å². The molecule has 3 unspecified atom stereocenters. The second-order valence-corrected chi connectivity index (χ2v) is 8.01. The second-order valence-electron chi connectivity index (χ2n) is 8.01. The lowest BCUT2D eigenvalue weighted by Crippen LogP contribution is -2.47. The van der Waals surface area contributed by atoms with Crippen LogP contribution in [-0.2, 0) is 12.6 Å². The van der Waals surface area contributed by atoms with E-state index in [1.54, 1.807) is 0 Å². The van der Waals surface area contributed by atoms with Gasteiger partial charge in [0.25, 0.3) is 0 Å². The Balaban J connectivity index is 2.10. The Bertz CT molecular complexity index is 690. The average molecular weight is 419 g/mol. The molecule has 1 aromatic rings. The van der Waals surface area contributed by atoms with Gasteiger partial charge in [0.2, 0.25) is 5.60 Å². The minimum Gasteiger partial charge on any atom is -0.374 e. The molecule has 3 N–H and O–H groups in total. The number of halogens is 3. The van der Waals surface area contributed by atoms with Gasteiger partial charge in [-0.15, -0.1) is 0 Å². The summed E-state index contributed by atoms with van der Waals surface area (Å²) in [6, 6.07) is 0.592. The molecule has 0 radical (unpaired) electrons. The number of nitrogens with one attached hydrogen (secondary N) is 2. The summed E-state index contributed by atoms with van der Waals surface area (Å²) in [4.78, 5) is 10.4. The van der Waals surface area contributed by atoms with E-state index in [-0.39, 0.29) is 12.6 Å². The second kappa shape index (κ2) is 9.34. The quantitative estimate of drug-likeness (QED) is 0.465. The maximum absolute atomic E-state index is 13.6. The van der Waals surface area contributed by atoms with Crippen LogP contribution in [0.5, 0.6) is 0 Å². The largest absolute Gasteiger partial charge is 0.424 e. The molecule has 1 fully saturated rings. The molecule has 0 saturated carbocycles. The summed E-state index contributed by atoms with van der Waals surface area (Å²) in [5, 5.41) is 16.8. The zero-order valence-corrected chi connectivity index (χ0v) is 17.8. The van der Waals surface area contributed by atoms with Gasteiger partial charge >= 0.3 is 6.18 Å². The third kappa shape index (κ3) is 5.42. The van der Waals surface area contributed by atoms with Crippen LogP contribution in [-0.4, -0.2) is 70.0 Å². The molecule has 0 spiro atoms. The summed E-state index contributed by atoms with van der Waals surface area (Å²) in [5.74, 6) is 0.412. The highest BCUT2D eigenvalue weighted by atomic mass is 19.4. The van der Waals surface area contributed by atoms with Gasteiger partial charge in [-0.2, -0.15) is 13.2 Å². The third-order valence-electron chi connectivity index (χ3n) is 5.44. The molecule has 29 heavy (non-hydrogen) atoms. The Labute approximate surface area is 170 Å². The number of imidazole rings is 1. The molecule has 10 heteroatoms. The molecule has 7 nitrogen and oxygen atoms in total. The summed E-state index contributed by atoms with van der Waals surface area (Å²) < 4.78 is 42.1. The lowest BCUT2D eigenvalue weighted by atomic mass is 9.98. The van der Waals surface area contributed by atoms with E-state index in [4.69, 9.17) is 0 Å². The van der Waals surface area contributed by atoms with Crippen molar-refractivity contribution in [1.29, 1.82) is 0 Å². The smallest absolute Gasteiger partial charge is 0.374 e. The molecule has 0 amide bonds. The Hall–Kier alpha value is -1.81. The van der Waals surface area contributed by atoms with Crippen LogP contribution in [0.2, 0.25) is 0 Å². The lowest BCUT2D eigenvalue weighted by molar-refractivity contribution is -0.272. The summed E-state index contributed by atoms with van der Waals surface area (Å²) >= 11 is 0. The van der Waals surface area contributed by atoms with Crippen LogP contribution in [0.1, 0.15) is 39.9 Å². The molecule has 3 atom stereocenters. The molecular weight excluding hydrogens is 385 g/mol. The number of aliphatic hydroxyl groups is 1.